The molecule has 166 valence electrons. The highest BCUT2D eigenvalue weighted by molar-refractivity contribution is 7.89. The number of aromatic nitrogens is 2. The molecular weight excluding hydrogens is 416 g/mol. The zero-order valence-corrected chi connectivity index (χ0v) is 19.2. The second-order valence-corrected chi connectivity index (χ2v) is 11.8. The van der Waals surface area contributed by atoms with Crippen molar-refractivity contribution in [2.24, 2.45) is 28.1 Å². The molecule has 5 rings (SSSR count). The van der Waals surface area contributed by atoms with Crippen LogP contribution in [0, 0.1) is 17.8 Å². The van der Waals surface area contributed by atoms with Crippen molar-refractivity contribution in [3.05, 3.63) is 34.6 Å². The number of allylic oxidation sites excluding steroid dienone is 2. The van der Waals surface area contributed by atoms with Crippen LogP contribution < -0.4 is 5.32 Å². The molecule has 4 heterocycles. The van der Waals surface area contributed by atoms with E-state index in [1.54, 1.807) is 18.7 Å². The first kappa shape index (κ1) is 20.6. The maximum absolute atomic E-state index is 13.3. The summed E-state index contributed by atoms with van der Waals surface area (Å²) in [6.45, 7) is 7.13. The number of Topliss-reactive ketones (excluding diaryl/α,β-unsaturated/α-hetero) is 1. The van der Waals surface area contributed by atoms with Gasteiger partial charge in [-0.3, -0.25) is 9.48 Å². The molecule has 1 saturated heterocycles. The number of hydrogen-bond donors (Lipinski definition) is 1. The lowest BCUT2D eigenvalue weighted by Gasteiger charge is -2.48. The third-order valence-corrected chi connectivity index (χ3v) is 9.27. The first-order chi connectivity index (χ1) is 14.6. The van der Waals surface area contributed by atoms with Crippen molar-refractivity contribution in [1.29, 1.82) is 0 Å². The van der Waals surface area contributed by atoms with Gasteiger partial charge in [-0.2, -0.15) is 14.5 Å². The van der Waals surface area contributed by atoms with Crippen LogP contribution in [0.4, 0.5) is 0 Å². The Labute approximate surface area is 182 Å². The molecule has 1 aromatic rings. The lowest BCUT2D eigenvalue weighted by atomic mass is 9.60. The van der Waals surface area contributed by atoms with Gasteiger partial charge < -0.3 is 5.32 Å². The average Bonchev–Trinajstić information content (AvgIpc) is 3.28. The van der Waals surface area contributed by atoms with Crippen molar-refractivity contribution >= 4 is 15.8 Å². The Hall–Kier alpha value is -2.33. The monoisotopic (exact) mass is 444 g/mol. The highest BCUT2D eigenvalue weighted by Crippen LogP contribution is 2.55. The van der Waals surface area contributed by atoms with Gasteiger partial charge in [0.1, 0.15) is 4.90 Å². The lowest BCUT2D eigenvalue weighted by molar-refractivity contribution is -0.119. The summed E-state index contributed by atoms with van der Waals surface area (Å²) in [7, 11) is -1.90. The fourth-order valence-corrected chi connectivity index (χ4v) is 7.23. The third-order valence-electron chi connectivity index (χ3n) is 7.27. The molecule has 4 aliphatic rings. The summed E-state index contributed by atoms with van der Waals surface area (Å²) in [5.41, 5.74) is 2.85. The number of azo groups is 1. The molecule has 1 fully saturated rings. The fraction of sp³-hybridized carbons (Fsp3) is 0.619. The third kappa shape index (κ3) is 2.95. The van der Waals surface area contributed by atoms with E-state index in [0.29, 0.717) is 44.6 Å². The SMILES string of the molecule is Cc1c(S(=O)(=O)N2CCC3(CC2)C2=C(N=NC2)NC2=C3C(=O)CC(C)(C)C2)cnn1C. The molecule has 0 bridgehead atoms. The summed E-state index contributed by atoms with van der Waals surface area (Å²) in [6.07, 6.45) is 3.81. The molecule has 1 aromatic heterocycles. The Balaban J connectivity index is 1.50. The lowest BCUT2D eigenvalue weighted by Crippen LogP contribution is -2.50. The van der Waals surface area contributed by atoms with Gasteiger partial charge in [-0.1, -0.05) is 13.8 Å². The minimum atomic E-state index is -3.64. The molecule has 10 heteroatoms. The van der Waals surface area contributed by atoms with Gasteiger partial charge in [0.2, 0.25) is 10.0 Å². The van der Waals surface area contributed by atoms with E-state index in [2.05, 4.69) is 34.5 Å². The molecule has 3 aliphatic heterocycles. The van der Waals surface area contributed by atoms with Crippen LogP contribution in [0.2, 0.25) is 0 Å². The van der Waals surface area contributed by atoms with Crippen LogP contribution in [-0.4, -0.2) is 47.9 Å². The van der Waals surface area contributed by atoms with E-state index in [0.717, 1.165) is 29.1 Å². The average molecular weight is 445 g/mol. The Morgan fingerprint density at radius 3 is 2.52 bits per heavy atom. The number of hydrogen-bond acceptors (Lipinski definition) is 7. The molecule has 0 atom stereocenters. The van der Waals surface area contributed by atoms with Crippen molar-refractivity contribution in [3.63, 3.8) is 0 Å². The standard InChI is InChI=1S/C21H28N6O3S/c1-13-17(12-23-26(13)4)31(29,30)27-7-5-21(6-8-27)14-11-22-25-19(14)24-15-9-20(2,3)10-16(28)18(15)21/h12,24H,5-11H2,1-4H3. The minimum absolute atomic E-state index is 0.111. The van der Waals surface area contributed by atoms with E-state index in [9.17, 15) is 13.2 Å². The van der Waals surface area contributed by atoms with E-state index in [1.165, 1.54) is 10.5 Å². The predicted molar refractivity (Wildman–Crippen MR) is 113 cm³/mol. The zero-order valence-electron chi connectivity index (χ0n) is 18.4. The van der Waals surface area contributed by atoms with Gasteiger partial charge in [0.05, 0.1) is 18.4 Å². The summed E-state index contributed by atoms with van der Waals surface area (Å²) in [6, 6.07) is 0. The first-order valence-corrected chi connectivity index (χ1v) is 12.1. The van der Waals surface area contributed by atoms with Crippen LogP contribution in [-0.2, 0) is 21.9 Å². The Morgan fingerprint density at radius 1 is 1.16 bits per heavy atom. The maximum atomic E-state index is 13.3. The summed E-state index contributed by atoms with van der Waals surface area (Å²) >= 11 is 0. The second-order valence-electron chi connectivity index (χ2n) is 9.85. The number of carbonyl (C=O) groups excluding carboxylic acids is 1. The number of piperidine rings is 1. The molecule has 0 amide bonds. The summed E-state index contributed by atoms with van der Waals surface area (Å²) in [4.78, 5) is 13.6. The van der Waals surface area contributed by atoms with Crippen molar-refractivity contribution in [2.45, 2.75) is 51.3 Å². The van der Waals surface area contributed by atoms with Crippen LogP contribution in [0.25, 0.3) is 0 Å². The van der Waals surface area contributed by atoms with Gasteiger partial charge in [0, 0.05) is 48.8 Å². The minimum Gasteiger partial charge on any atom is -0.342 e. The van der Waals surface area contributed by atoms with Crippen LogP contribution in [0.3, 0.4) is 0 Å². The number of rotatable bonds is 2. The molecule has 0 radical (unpaired) electrons. The Morgan fingerprint density at radius 2 is 1.87 bits per heavy atom. The molecule has 0 aromatic carbocycles. The van der Waals surface area contributed by atoms with E-state index in [-0.39, 0.29) is 16.1 Å². The Bertz CT molecular complexity index is 1180. The van der Waals surface area contributed by atoms with E-state index >= 15 is 0 Å². The van der Waals surface area contributed by atoms with Gasteiger partial charge in [-0.05, 0) is 31.6 Å². The number of aryl methyl sites for hydroxylation is 1. The second kappa shape index (κ2) is 6.59. The number of nitrogens with zero attached hydrogens (tertiary/aromatic N) is 5. The highest BCUT2D eigenvalue weighted by Gasteiger charge is 2.53. The van der Waals surface area contributed by atoms with Gasteiger partial charge >= 0.3 is 0 Å². The zero-order chi connectivity index (χ0) is 22.2. The largest absolute Gasteiger partial charge is 0.342 e. The Kier molecular flexibility index (Phi) is 4.37. The van der Waals surface area contributed by atoms with Gasteiger partial charge in [0.15, 0.2) is 11.6 Å². The van der Waals surface area contributed by atoms with E-state index < -0.39 is 15.4 Å². The molecule has 0 saturated carbocycles. The fourth-order valence-electron chi connectivity index (χ4n) is 5.60. The smallest absolute Gasteiger partial charge is 0.246 e. The molecule has 1 N–H and O–H groups in total. The molecule has 31 heavy (non-hydrogen) atoms. The summed E-state index contributed by atoms with van der Waals surface area (Å²) in [5, 5.41) is 16.0. The van der Waals surface area contributed by atoms with Crippen LogP contribution >= 0.6 is 0 Å². The quantitative estimate of drug-likeness (QED) is 0.753. The normalized spacial score (nSPS) is 25.1. The van der Waals surface area contributed by atoms with Crippen LogP contribution in [0.15, 0.2) is 44.0 Å². The maximum Gasteiger partial charge on any atom is 0.246 e. The number of nitrogens with one attached hydrogen (secondary N) is 1. The van der Waals surface area contributed by atoms with Gasteiger partial charge in [-0.25, -0.2) is 8.42 Å². The molecule has 0 unspecified atom stereocenters. The first-order valence-electron chi connectivity index (χ1n) is 10.7. The van der Waals surface area contributed by atoms with Crippen molar-refractivity contribution in [1.82, 2.24) is 19.4 Å². The van der Waals surface area contributed by atoms with Gasteiger partial charge in [-0.15, -0.1) is 5.11 Å². The predicted octanol–water partition coefficient (Wildman–Crippen LogP) is 2.42. The van der Waals surface area contributed by atoms with Gasteiger partial charge in [0.25, 0.3) is 0 Å². The molecule has 9 nitrogen and oxygen atoms in total. The van der Waals surface area contributed by atoms with Crippen molar-refractivity contribution in [2.75, 3.05) is 19.6 Å². The van der Waals surface area contributed by atoms with Crippen LogP contribution in [0.1, 0.15) is 45.2 Å². The number of carbonyl (C=O) groups is 1. The van der Waals surface area contributed by atoms with Crippen molar-refractivity contribution in [3.8, 4) is 0 Å². The number of fused-ring (bicyclic) bond motifs is 2. The molecular formula is C21H28N6O3S. The van der Waals surface area contributed by atoms with E-state index in [1.807, 2.05) is 0 Å². The number of sulfonamides is 1. The van der Waals surface area contributed by atoms with E-state index in [4.69, 9.17) is 0 Å². The molecule has 1 spiro atoms. The van der Waals surface area contributed by atoms with Crippen LogP contribution in [0.5, 0.6) is 0 Å². The molecule has 1 aliphatic carbocycles. The van der Waals surface area contributed by atoms with Crippen molar-refractivity contribution < 1.29 is 13.2 Å². The number of dihydropyridines is 1. The summed E-state index contributed by atoms with van der Waals surface area (Å²) in [5.74, 6) is 0.917. The highest BCUT2D eigenvalue weighted by atomic mass is 32.2. The number of ketones is 1. The topological polar surface area (TPSA) is 109 Å². The summed E-state index contributed by atoms with van der Waals surface area (Å²) < 4.78 is 29.7.